The van der Waals surface area contributed by atoms with Crippen molar-refractivity contribution >= 4 is 5.97 Å². The summed E-state index contributed by atoms with van der Waals surface area (Å²) in [6, 6.07) is 5.47. The van der Waals surface area contributed by atoms with Gasteiger partial charge < -0.3 is 19.7 Å². The van der Waals surface area contributed by atoms with Gasteiger partial charge in [-0.15, -0.1) is 0 Å². The molecule has 3 N–H and O–H groups in total. The van der Waals surface area contributed by atoms with Crippen molar-refractivity contribution in [2.24, 2.45) is 0 Å². The molecule has 0 saturated heterocycles. The van der Waals surface area contributed by atoms with Gasteiger partial charge in [0.15, 0.2) is 23.1 Å². The predicted molar refractivity (Wildman–Crippen MR) is 104 cm³/mol. The monoisotopic (exact) mass is 436 g/mol. The summed E-state index contributed by atoms with van der Waals surface area (Å²) in [6.07, 6.45) is -0.548. The van der Waals surface area contributed by atoms with E-state index in [9.17, 15) is 27.9 Å². The molecule has 0 aliphatic carbocycles. The molecule has 0 spiro atoms. The van der Waals surface area contributed by atoms with Crippen LogP contribution in [0, 0.1) is 17.5 Å². The number of ether oxygens (including phenoxy) is 2. The molecule has 2 aromatic carbocycles. The molecular formula is C21H19F3N2O5. The van der Waals surface area contributed by atoms with Gasteiger partial charge in [-0.25, -0.2) is 13.2 Å². The third-order valence-corrected chi connectivity index (χ3v) is 4.91. The maximum atomic E-state index is 14.1. The molecule has 0 amide bonds. The normalized spacial score (nSPS) is 11.9. The van der Waals surface area contributed by atoms with Crippen LogP contribution in [-0.4, -0.2) is 35.5 Å². The van der Waals surface area contributed by atoms with Crippen LogP contribution < -0.4 is 10.3 Å². The van der Waals surface area contributed by atoms with Gasteiger partial charge in [-0.3, -0.25) is 14.7 Å². The summed E-state index contributed by atoms with van der Waals surface area (Å²) in [4.78, 5) is 24.6. The largest absolute Gasteiger partial charge is 0.504 e. The van der Waals surface area contributed by atoms with Crippen LogP contribution >= 0.6 is 0 Å². The topological polar surface area (TPSA) is 104 Å². The van der Waals surface area contributed by atoms with Crippen LogP contribution in [0.5, 0.6) is 11.5 Å². The Morgan fingerprint density at radius 1 is 1.06 bits per heavy atom. The Bertz CT molecular complexity index is 1170. The molecule has 1 heterocycles. The van der Waals surface area contributed by atoms with Crippen LogP contribution in [0.1, 0.15) is 34.7 Å². The minimum Gasteiger partial charge on any atom is -0.504 e. The first-order chi connectivity index (χ1) is 14.7. The average Bonchev–Trinajstić information content (AvgIpc) is 3.09. The second-order valence-corrected chi connectivity index (χ2v) is 6.77. The Hall–Kier alpha value is -3.69. The Morgan fingerprint density at radius 2 is 1.77 bits per heavy atom. The van der Waals surface area contributed by atoms with Crippen molar-refractivity contribution in [1.29, 1.82) is 0 Å². The molecule has 1 atom stereocenters. The first-order valence-corrected chi connectivity index (χ1v) is 9.11. The maximum Gasteiger partial charge on any atom is 0.306 e. The first kappa shape index (κ1) is 22.0. The van der Waals surface area contributed by atoms with Crippen molar-refractivity contribution in [3.05, 3.63) is 80.5 Å². The molecule has 3 aromatic rings. The summed E-state index contributed by atoms with van der Waals surface area (Å²) >= 11 is 0. The van der Waals surface area contributed by atoms with Gasteiger partial charge in [0.1, 0.15) is 5.82 Å². The van der Waals surface area contributed by atoms with E-state index in [-0.39, 0.29) is 41.2 Å². The first-order valence-electron chi connectivity index (χ1n) is 9.11. The number of esters is 1. The molecule has 0 aliphatic rings. The molecule has 164 valence electrons. The Labute approximate surface area is 174 Å². The number of hydrogen-bond acceptors (Lipinski definition) is 5. The fraction of sp³-hybridized carbons (Fsp3) is 0.238. The average molecular weight is 436 g/mol. The Morgan fingerprint density at radius 3 is 2.42 bits per heavy atom. The number of phenols is 1. The number of methoxy groups -OCH3 is 2. The number of rotatable bonds is 7. The molecule has 1 unspecified atom stereocenters. The van der Waals surface area contributed by atoms with Gasteiger partial charge in [0.05, 0.1) is 20.6 Å². The lowest BCUT2D eigenvalue weighted by Crippen LogP contribution is -2.18. The lowest BCUT2D eigenvalue weighted by Gasteiger charge is -2.17. The van der Waals surface area contributed by atoms with Gasteiger partial charge in [0, 0.05) is 29.7 Å². The smallest absolute Gasteiger partial charge is 0.306 e. The van der Waals surface area contributed by atoms with E-state index in [1.54, 1.807) is 6.07 Å². The number of carbonyl (C=O) groups is 1. The molecule has 0 radical (unpaired) electrons. The lowest BCUT2D eigenvalue weighted by molar-refractivity contribution is -0.140. The highest BCUT2D eigenvalue weighted by atomic mass is 19.2. The van der Waals surface area contributed by atoms with Crippen LogP contribution in [0.2, 0.25) is 0 Å². The number of aromatic nitrogens is 2. The van der Waals surface area contributed by atoms with Crippen molar-refractivity contribution in [2.45, 2.75) is 18.8 Å². The SMILES string of the molecule is COC(=O)CC(c1ccc(OC)c(O)c1)c1c(Cc2cc(F)c(F)cc2F)[nH][nH]c1=O. The summed E-state index contributed by atoms with van der Waals surface area (Å²) in [5.41, 5.74) is -0.161. The number of phenolic OH excluding ortho intramolecular Hbond substituents is 1. The second-order valence-electron chi connectivity index (χ2n) is 6.77. The predicted octanol–water partition coefficient (Wildman–Crippen LogP) is 3.12. The molecule has 0 bridgehead atoms. The fourth-order valence-corrected chi connectivity index (χ4v) is 3.36. The number of aromatic hydroxyl groups is 1. The highest BCUT2D eigenvalue weighted by Gasteiger charge is 2.27. The quantitative estimate of drug-likeness (QED) is 0.390. The molecule has 0 aliphatic heterocycles. The number of nitrogens with one attached hydrogen (secondary N) is 2. The molecule has 10 heteroatoms. The Kier molecular flexibility index (Phi) is 6.38. The molecule has 31 heavy (non-hydrogen) atoms. The third-order valence-electron chi connectivity index (χ3n) is 4.91. The summed E-state index contributed by atoms with van der Waals surface area (Å²) in [6.45, 7) is 0. The van der Waals surface area contributed by atoms with E-state index in [0.717, 1.165) is 0 Å². The van der Waals surface area contributed by atoms with Crippen molar-refractivity contribution in [3.8, 4) is 11.5 Å². The zero-order chi connectivity index (χ0) is 22.7. The van der Waals surface area contributed by atoms with Gasteiger partial charge in [-0.1, -0.05) is 6.07 Å². The molecule has 0 fully saturated rings. The summed E-state index contributed by atoms with van der Waals surface area (Å²) in [5.74, 6) is -5.10. The summed E-state index contributed by atoms with van der Waals surface area (Å²) in [7, 11) is 2.55. The molecule has 1 aromatic heterocycles. The summed E-state index contributed by atoms with van der Waals surface area (Å²) < 4.78 is 50.7. The third kappa shape index (κ3) is 4.57. The van der Waals surface area contributed by atoms with Crippen molar-refractivity contribution in [2.75, 3.05) is 14.2 Å². The van der Waals surface area contributed by atoms with E-state index in [4.69, 9.17) is 9.47 Å². The van der Waals surface area contributed by atoms with Crippen LogP contribution in [-0.2, 0) is 16.0 Å². The highest BCUT2D eigenvalue weighted by molar-refractivity contribution is 5.71. The van der Waals surface area contributed by atoms with E-state index in [0.29, 0.717) is 17.7 Å². The van der Waals surface area contributed by atoms with Gasteiger partial charge in [-0.2, -0.15) is 0 Å². The van der Waals surface area contributed by atoms with Gasteiger partial charge in [-0.05, 0) is 29.3 Å². The molecule has 0 saturated carbocycles. The van der Waals surface area contributed by atoms with E-state index >= 15 is 0 Å². The van der Waals surface area contributed by atoms with Crippen LogP contribution in [0.15, 0.2) is 35.1 Å². The highest BCUT2D eigenvalue weighted by Crippen LogP contribution is 2.35. The number of aromatic amines is 2. The molecular weight excluding hydrogens is 417 g/mol. The van der Waals surface area contributed by atoms with Crippen molar-refractivity contribution < 1.29 is 32.5 Å². The number of benzene rings is 2. The van der Waals surface area contributed by atoms with E-state index in [1.165, 1.54) is 26.4 Å². The summed E-state index contributed by atoms with van der Waals surface area (Å²) in [5, 5.41) is 15.1. The standard InChI is InChI=1S/C21H19F3N2O5/c1-30-18-4-3-10(7-17(18)27)12(8-19(28)31-2)20-16(25-26-21(20)29)6-11-5-14(23)15(24)9-13(11)22/h3-5,7,9,12,27H,6,8H2,1-2H3,(H2,25,26,29). The zero-order valence-electron chi connectivity index (χ0n) is 16.6. The Balaban J connectivity index is 2.09. The van der Waals surface area contributed by atoms with E-state index in [1.807, 2.05) is 0 Å². The number of carbonyl (C=O) groups excluding carboxylic acids is 1. The van der Waals surface area contributed by atoms with Crippen LogP contribution in [0.4, 0.5) is 13.2 Å². The van der Waals surface area contributed by atoms with Crippen molar-refractivity contribution in [3.63, 3.8) is 0 Å². The lowest BCUT2D eigenvalue weighted by atomic mass is 9.87. The van der Waals surface area contributed by atoms with Crippen molar-refractivity contribution in [1.82, 2.24) is 10.2 Å². The van der Waals surface area contributed by atoms with Crippen LogP contribution in [0.25, 0.3) is 0 Å². The van der Waals surface area contributed by atoms with E-state index < -0.39 is 34.9 Å². The minimum atomic E-state index is -1.33. The van der Waals surface area contributed by atoms with Crippen LogP contribution in [0.3, 0.4) is 0 Å². The molecule has 3 rings (SSSR count). The number of hydrogen-bond donors (Lipinski definition) is 3. The zero-order valence-corrected chi connectivity index (χ0v) is 16.6. The maximum absolute atomic E-state index is 14.1. The fourth-order valence-electron chi connectivity index (χ4n) is 3.36. The van der Waals surface area contributed by atoms with E-state index in [2.05, 4.69) is 10.2 Å². The van der Waals surface area contributed by atoms with Gasteiger partial charge >= 0.3 is 5.97 Å². The molecule has 7 nitrogen and oxygen atoms in total. The second kappa shape index (κ2) is 8.99. The van der Waals surface area contributed by atoms with Gasteiger partial charge in [0.25, 0.3) is 5.56 Å². The van der Waals surface area contributed by atoms with Gasteiger partial charge in [0.2, 0.25) is 0 Å². The minimum absolute atomic E-state index is 0.0686. The number of halogens is 3. The number of H-pyrrole nitrogens is 2.